The lowest BCUT2D eigenvalue weighted by Crippen LogP contribution is -2.26. The summed E-state index contributed by atoms with van der Waals surface area (Å²) in [6, 6.07) is 0.656. The Bertz CT molecular complexity index is 302. The van der Waals surface area contributed by atoms with E-state index < -0.39 is 0 Å². The average molecular weight is 273 g/mol. The summed E-state index contributed by atoms with van der Waals surface area (Å²) in [7, 11) is 0. The van der Waals surface area contributed by atoms with E-state index in [1.807, 2.05) is 18.7 Å². The molecule has 0 aliphatic carbocycles. The Balaban J connectivity index is 1.97. The van der Waals surface area contributed by atoms with E-state index in [0.29, 0.717) is 6.04 Å². The SMILES string of the molecule is CCCNC(C)CCCCSc1nnc(C)s1. The maximum absolute atomic E-state index is 4.11. The number of aromatic nitrogens is 2. The fourth-order valence-corrected chi connectivity index (χ4v) is 3.43. The lowest BCUT2D eigenvalue weighted by atomic mass is 10.1. The molecule has 1 aromatic heterocycles. The standard InChI is InChI=1S/C12H23N3S2/c1-4-8-13-10(2)7-5-6-9-16-12-15-14-11(3)17-12/h10,13H,4-9H2,1-3H3. The van der Waals surface area contributed by atoms with Crippen LogP contribution in [-0.4, -0.2) is 28.5 Å². The Morgan fingerprint density at radius 1 is 1.35 bits per heavy atom. The van der Waals surface area contributed by atoms with Gasteiger partial charge >= 0.3 is 0 Å². The van der Waals surface area contributed by atoms with Gasteiger partial charge in [-0.15, -0.1) is 10.2 Å². The number of nitrogens with zero attached hydrogens (tertiary/aromatic N) is 2. The Labute approximate surface area is 113 Å². The highest BCUT2D eigenvalue weighted by molar-refractivity contribution is 8.01. The predicted molar refractivity (Wildman–Crippen MR) is 77.0 cm³/mol. The zero-order chi connectivity index (χ0) is 12.5. The third-order valence-corrected chi connectivity index (χ3v) is 4.57. The normalized spacial score (nSPS) is 12.9. The van der Waals surface area contributed by atoms with E-state index >= 15 is 0 Å². The molecular formula is C12H23N3S2. The Hall–Kier alpha value is -0.130. The number of rotatable bonds is 9. The number of hydrogen-bond donors (Lipinski definition) is 1. The molecule has 0 bridgehead atoms. The van der Waals surface area contributed by atoms with Crippen molar-refractivity contribution in [3.8, 4) is 0 Å². The van der Waals surface area contributed by atoms with E-state index in [9.17, 15) is 0 Å². The molecule has 1 atom stereocenters. The first-order chi connectivity index (χ1) is 8.22. The summed E-state index contributed by atoms with van der Waals surface area (Å²) in [4.78, 5) is 0. The minimum Gasteiger partial charge on any atom is -0.314 e. The first-order valence-electron chi connectivity index (χ1n) is 6.38. The van der Waals surface area contributed by atoms with Gasteiger partial charge in [0.1, 0.15) is 5.01 Å². The van der Waals surface area contributed by atoms with Crippen LogP contribution in [0.1, 0.15) is 44.5 Å². The molecule has 0 radical (unpaired) electrons. The molecule has 98 valence electrons. The predicted octanol–water partition coefficient (Wildman–Crippen LogP) is 3.50. The Kier molecular flexibility index (Phi) is 7.81. The van der Waals surface area contributed by atoms with Crippen LogP contribution in [0.2, 0.25) is 0 Å². The molecule has 0 fully saturated rings. The minimum atomic E-state index is 0.656. The second kappa shape index (κ2) is 8.89. The van der Waals surface area contributed by atoms with Crippen LogP contribution >= 0.6 is 23.1 Å². The monoisotopic (exact) mass is 273 g/mol. The van der Waals surface area contributed by atoms with Crippen LogP contribution in [0.3, 0.4) is 0 Å². The molecule has 0 spiro atoms. The Morgan fingerprint density at radius 3 is 2.82 bits per heavy atom. The summed E-state index contributed by atoms with van der Waals surface area (Å²) in [5, 5.41) is 12.7. The van der Waals surface area contributed by atoms with Crippen LogP contribution in [-0.2, 0) is 0 Å². The summed E-state index contributed by atoms with van der Waals surface area (Å²) in [5.41, 5.74) is 0. The molecular weight excluding hydrogens is 250 g/mol. The van der Waals surface area contributed by atoms with Gasteiger partial charge in [-0.2, -0.15) is 0 Å². The van der Waals surface area contributed by atoms with Crippen LogP contribution in [0.5, 0.6) is 0 Å². The van der Waals surface area contributed by atoms with Crippen LogP contribution < -0.4 is 5.32 Å². The number of thioether (sulfide) groups is 1. The second-order valence-electron chi connectivity index (χ2n) is 4.29. The van der Waals surface area contributed by atoms with Gasteiger partial charge in [0.25, 0.3) is 0 Å². The number of nitrogens with one attached hydrogen (secondary N) is 1. The zero-order valence-electron chi connectivity index (χ0n) is 11.0. The molecule has 1 unspecified atom stereocenters. The molecule has 0 saturated heterocycles. The van der Waals surface area contributed by atoms with Gasteiger partial charge in [0.15, 0.2) is 4.34 Å². The van der Waals surface area contributed by atoms with Gasteiger partial charge in [-0.05, 0) is 39.7 Å². The van der Waals surface area contributed by atoms with Crippen molar-refractivity contribution in [1.82, 2.24) is 15.5 Å². The number of aryl methyl sites for hydroxylation is 1. The first-order valence-corrected chi connectivity index (χ1v) is 8.19. The summed E-state index contributed by atoms with van der Waals surface area (Å²) >= 11 is 3.53. The van der Waals surface area contributed by atoms with E-state index in [0.717, 1.165) is 21.6 Å². The van der Waals surface area contributed by atoms with Crippen molar-refractivity contribution in [2.75, 3.05) is 12.3 Å². The average Bonchev–Trinajstić information content (AvgIpc) is 2.72. The molecule has 1 aromatic rings. The quantitative estimate of drug-likeness (QED) is 0.552. The van der Waals surface area contributed by atoms with E-state index in [1.165, 1.54) is 25.7 Å². The molecule has 0 aromatic carbocycles. The molecule has 0 amide bonds. The third-order valence-electron chi connectivity index (χ3n) is 2.51. The van der Waals surface area contributed by atoms with E-state index in [2.05, 4.69) is 29.4 Å². The lowest BCUT2D eigenvalue weighted by Gasteiger charge is -2.12. The van der Waals surface area contributed by atoms with Crippen LogP contribution in [0.25, 0.3) is 0 Å². The fourth-order valence-electron chi connectivity index (χ4n) is 1.54. The fraction of sp³-hybridized carbons (Fsp3) is 0.833. The lowest BCUT2D eigenvalue weighted by molar-refractivity contribution is 0.496. The van der Waals surface area contributed by atoms with Crippen molar-refractivity contribution < 1.29 is 0 Å². The third kappa shape index (κ3) is 7.01. The van der Waals surface area contributed by atoms with Crippen LogP contribution in [0.15, 0.2) is 4.34 Å². The van der Waals surface area contributed by atoms with Crippen molar-refractivity contribution in [1.29, 1.82) is 0 Å². The molecule has 1 heterocycles. The molecule has 0 aliphatic rings. The van der Waals surface area contributed by atoms with E-state index in [-0.39, 0.29) is 0 Å². The van der Waals surface area contributed by atoms with Crippen molar-refractivity contribution >= 4 is 23.1 Å². The summed E-state index contributed by atoms with van der Waals surface area (Å²) < 4.78 is 1.11. The van der Waals surface area contributed by atoms with Gasteiger partial charge in [0, 0.05) is 11.8 Å². The summed E-state index contributed by atoms with van der Waals surface area (Å²) in [6.07, 6.45) is 5.05. The first kappa shape index (κ1) is 14.9. The van der Waals surface area contributed by atoms with Gasteiger partial charge in [0.05, 0.1) is 0 Å². The van der Waals surface area contributed by atoms with Crippen LogP contribution in [0.4, 0.5) is 0 Å². The second-order valence-corrected chi connectivity index (χ2v) is 6.81. The highest BCUT2D eigenvalue weighted by atomic mass is 32.2. The summed E-state index contributed by atoms with van der Waals surface area (Å²) in [5.74, 6) is 1.16. The molecule has 3 nitrogen and oxygen atoms in total. The zero-order valence-corrected chi connectivity index (χ0v) is 12.7. The van der Waals surface area contributed by atoms with Gasteiger partial charge in [0.2, 0.25) is 0 Å². The molecule has 17 heavy (non-hydrogen) atoms. The molecule has 1 N–H and O–H groups in total. The van der Waals surface area contributed by atoms with Gasteiger partial charge < -0.3 is 5.32 Å². The number of unbranched alkanes of at least 4 members (excludes halogenated alkanes) is 1. The topological polar surface area (TPSA) is 37.8 Å². The van der Waals surface area contributed by atoms with Gasteiger partial charge in [-0.1, -0.05) is 36.4 Å². The maximum atomic E-state index is 4.11. The van der Waals surface area contributed by atoms with E-state index in [1.54, 1.807) is 11.3 Å². The largest absolute Gasteiger partial charge is 0.314 e. The van der Waals surface area contributed by atoms with Crippen molar-refractivity contribution in [2.24, 2.45) is 0 Å². The van der Waals surface area contributed by atoms with Crippen molar-refractivity contribution in [3.05, 3.63) is 5.01 Å². The summed E-state index contributed by atoms with van der Waals surface area (Å²) in [6.45, 7) is 7.63. The molecule has 0 saturated carbocycles. The van der Waals surface area contributed by atoms with Crippen LogP contribution in [0, 0.1) is 6.92 Å². The molecule has 5 heteroatoms. The van der Waals surface area contributed by atoms with Crippen molar-refractivity contribution in [3.63, 3.8) is 0 Å². The minimum absolute atomic E-state index is 0.656. The molecule has 1 rings (SSSR count). The molecule has 0 aliphatic heterocycles. The maximum Gasteiger partial charge on any atom is 0.174 e. The smallest absolute Gasteiger partial charge is 0.174 e. The highest BCUT2D eigenvalue weighted by Gasteiger charge is 2.02. The van der Waals surface area contributed by atoms with Gasteiger partial charge in [-0.25, -0.2) is 0 Å². The van der Waals surface area contributed by atoms with Gasteiger partial charge in [-0.3, -0.25) is 0 Å². The van der Waals surface area contributed by atoms with E-state index in [4.69, 9.17) is 0 Å². The highest BCUT2D eigenvalue weighted by Crippen LogP contribution is 2.22. The Morgan fingerprint density at radius 2 is 2.18 bits per heavy atom. The van der Waals surface area contributed by atoms with Crippen molar-refractivity contribution in [2.45, 2.75) is 56.8 Å². The number of hydrogen-bond acceptors (Lipinski definition) is 5.